The molecular weight excluding hydrogens is 504 g/mol. The normalized spacial score (nSPS) is 12.2. The number of rotatable bonds is 14. The zero-order chi connectivity index (χ0) is 28.9. The number of carbonyl (C=O) groups is 3. The van der Waals surface area contributed by atoms with Crippen LogP contribution in [-0.2, 0) is 33.8 Å². The summed E-state index contributed by atoms with van der Waals surface area (Å²) in [5.41, 5.74) is 9.92. The van der Waals surface area contributed by atoms with Gasteiger partial charge in [-0.2, -0.15) is 0 Å². The van der Waals surface area contributed by atoms with Crippen molar-refractivity contribution in [3.8, 4) is 0 Å². The summed E-state index contributed by atoms with van der Waals surface area (Å²) < 4.78 is 0. The fraction of sp³-hybridized carbons (Fsp3) is 0.290. The quantitative estimate of drug-likeness (QED) is 0.137. The van der Waals surface area contributed by atoms with Crippen LogP contribution >= 0.6 is 0 Å². The van der Waals surface area contributed by atoms with Crippen molar-refractivity contribution in [3.63, 3.8) is 0 Å². The lowest BCUT2D eigenvalue weighted by Gasteiger charge is -2.21. The van der Waals surface area contributed by atoms with Crippen molar-refractivity contribution in [2.75, 3.05) is 11.9 Å². The molecule has 2 atom stereocenters. The second kappa shape index (κ2) is 15.2. The monoisotopic (exact) mass is 542 g/mol. The number of nitrogens with one attached hydrogen (secondary N) is 5. The standard InChI is InChI=1S/C31H38N6O3/c1-21(30(39)35-20-25-8-13-26(14-9-25)29(32)33)36-31(40)28(17-12-23-6-4-3-5-7-23)34-19-18-24-10-15-27(16-11-24)37-22(2)38/h3-11,13-16,21,28,34H,12,17-20H2,1-2H3,(H3,32,33)(H,35,39)(H,36,40)(H,37,38)/t21-,28+/m0/s1. The molecule has 3 rings (SSSR count). The second-order valence-electron chi connectivity index (χ2n) is 9.72. The summed E-state index contributed by atoms with van der Waals surface area (Å²) in [7, 11) is 0. The van der Waals surface area contributed by atoms with Crippen LogP contribution in [0.15, 0.2) is 78.9 Å². The van der Waals surface area contributed by atoms with Crippen molar-refractivity contribution >= 4 is 29.2 Å². The molecule has 3 aromatic rings. The van der Waals surface area contributed by atoms with Crippen molar-refractivity contribution in [1.29, 1.82) is 5.41 Å². The molecule has 0 aliphatic rings. The fourth-order valence-electron chi connectivity index (χ4n) is 4.15. The second-order valence-corrected chi connectivity index (χ2v) is 9.72. The van der Waals surface area contributed by atoms with E-state index in [1.165, 1.54) is 6.92 Å². The zero-order valence-electron chi connectivity index (χ0n) is 23.0. The molecule has 0 saturated heterocycles. The molecule has 3 amide bonds. The Labute approximate surface area is 235 Å². The van der Waals surface area contributed by atoms with E-state index < -0.39 is 12.1 Å². The highest BCUT2D eigenvalue weighted by Gasteiger charge is 2.22. The predicted octanol–water partition coefficient (Wildman–Crippen LogP) is 2.88. The van der Waals surface area contributed by atoms with E-state index in [9.17, 15) is 14.4 Å². The lowest BCUT2D eigenvalue weighted by atomic mass is 10.0. The zero-order valence-corrected chi connectivity index (χ0v) is 23.0. The minimum atomic E-state index is -0.716. The average molecular weight is 543 g/mol. The van der Waals surface area contributed by atoms with Crippen molar-refractivity contribution in [1.82, 2.24) is 16.0 Å². The first-order valence-corrected chi connectivity index (χ1v) is 13.4. The number of aryl methyl sites for hydroxylation is 1. The molecule has 0 spiro atoms. The number of carbonyl (C=O) groups excluding carboxylic acids is 3. The summed E-state index contributed by atoms with van der Waals surface area (Å²) in [6, 6.07) is 23.5. The fourth-order valence-corrected chi connectivity index (χ4v) is 4.15. The Bertz CT molecular complexity index is 1280. The van der Waals surface area contributed by atoms with Crippen LogP contribution in [0, 0.1) is 5.41 Å². The van der Waals surface area contributed by atoms with Crippen molar-refractivity contribution in [3.05, 3.63) is 101 Å². The number of hydrogen-bond donors (Lipinski definition) is 6. The number of benzene rings is 3. The number of anilines is 1. The highest BCUT2D eigenvalue weighted by Crippen LogP contribution is 2.11. The number of amidine groups is 1. The van der Waals surface area contributed by atoms with Gasteiger partial charge in [-0.05, 0) is 61.6 Å². The molecule has 0 saturated carbocycles. The Hall–Kier alpha value is -4.50. The Kier molecular flexibility index (Phi) is 11.4. The third-order valence-electron chi connectivity index (χ3n) is 6.44. The first-order valence-electron chi connectivity index (χ1n) is 13.4. The third-order valence-corrected chi connectivity index (χ3v) is 6.44. The molecule has 9 heteroatoms. The van der Waals surface area contributed by atoms with Gasteiger partial charge in [-0.25, -0.2) is 0 Å². The number of nitrogen functional groups attached to an aromatic ring is 1. The first kappa shape index (κ1) is 30.0. The van der Waals surface area contributed by atoms with E-state index >= 15 is 0 Å². The maximum absolute atomic E-state index is 13.2. The number of hydrogen-bond acceptors (Lipinski definition) is 5. The van der Waals surface area contributed by atoms with E-state index in [-0.39, 0.29) is 23.6 Å². The molecule has 0 bridgehead atoms. The molecule has 0 aliphatic heterocycles. The highest BCUT2D eigenvalue weighted by molar-refractivity contribution is 5.95. The molecule has 7 N–H and O–H groups in total. The van der Waals surface area contributed by atoms with Gasteiger partial charge in [-0.1, -0.05) is 66.7 Å². The SMILES string of the molecule is CC(=O)Nc1ccc(CCN[C@H](CCc2ccccc2)C(=O)N[C@@H](C)C(=O)NCc2ccc(C(=N)N)cc2)cc1. The summed E-state index contributed by atoms with van der Waals surface area (Å²) >= 11 is 0. The Morgan fingerprint density at radius 1 is 0.825 bits per heavy atom. The van der Waals surface area contributed by atoms with Crippen molar-refractivity contribution < 1.29 is 14.4 Å². The molecule has 0 aromatic heterocycles. The van der Waals surface area contributed by atoms with E-state index in [1.807, 2.05) is 54.6 Å². The molecule has 3 aromatic carbocycles. The van der Waals surface area contributed by atoms with Crippen LogP contribution in [0.5, 0.6) is 0 Å². The van der Waals surface area contributed by atoms with Gasteiger partial charge >= 0.3 is 0 Å². The van der Waals surface area contributed by atoms with Gasteiger partial charge in [0.25, 0.3) is 0 Å². The van der Waals surface area contributed by atoms with Crippen LogP contribution < -0.4 is 27.0 Å². The van der Waals surface area contributed by atoms with Gasteiger partial charge in [0.2, 0.25) is 17.7 Å². The van der Waals surface area contributed by atoms with Gasteiger partial charge in [-0.3, -0.25) is 19.8 Å². The van der Waals surface area contributed by atoms with Gasteiger partial charge in [0.15, 0.2) is 0 Å². The van der Waals surface area contributed by atoms with Gasteiger partial charge in [0.1, 0.15) is 11.9 Å². The third kappa shape index (κ3) is 9.99. The van der Waals surface area contributed by atoms with Crippen molar-refractivity contribution in [2.24, 2.45) is 5.73 Å². The average Bonchev–Trinajstić information content (AvgIpc) is 2.94. The minimum absolute atomic E-state index is 0.0118. The van der Waals surface area contributed by atoms with Gasteiger partial charge in [0, 0.05) is 24.7 Å². The van der Waals surface area contributed by atoms with Crippen LogP contribution in [0.25, 0.3) is 0 Å². The van der Waals surface area contributed by atoms with Gasteiger partial charge < -0.3 is 27.0 Å². The minimum Gasteiger partial charge on any atom is -0.384 e. The number of amides is 3. The van der Waals surface area contributed by atoms with Gasteiger partial charge in [0.05, 0.1) is 6.04 Å². The molecule has 40 heavy (non-hydrogen) atoms. The molecule has 0 heterocycles. The van der Waals surface area contributed by atoms with E-state index in [0.29, 0.717) is 37.9 Å². The molecule has 0 fully saturated rings. The molecule has 0 unspecified atom stereocenters. The van der Waals surface area contributed by atoms with Crippen LogP contribution in [0.2, 0.25) is 0 Å². The summed E-state index contributed by atoms with van der Waals surface area (Å²) in [5.74, 6) is -0.648. The Morgan fingerprint density at radius 2 is 1.45 bits per heavy atom. The first-order chi connectivity index (χ1) is 19.2. The maximum atomic E-state index is 13.2. The van der Waals surface area contributed by atoms with E-state index in [4.69, 9.17) is 11.1 Å². The number of nitrogens with two attached hydrogens (primary N) is 1. The van der Waals surface area contributed by atoms with Gasteiger partial charge in [-0.15, -0.1) is 0 Å². The van der Waals surface area contributed by atoms with Crippen LogP contribution in [0.4, 0.5) is 5.69 Å². The van der Waals surface area contributed by atoms with Crippen LogP contribution in [-0.4, -0.2) is 42.2 Å². The van der Waals surface area contributed by atoms with E-state index in [1.54, 1.807) is 31.2 Å². The summed E-state index contributed by atoms with van der Waals surface area (Å²) in [4.78, 5) is 37.1. The lowest BCUT2D eigenvalue weighted by Crippen LogP contribution is -2.52. The molecular formula is C31H38N6O3. The highest BCUT2D eigenvalue weighted by atomic mass is 16.2. The van der Waals surface area contributed by atoms with E-state index in [0.717, 1.165) is 22.4 Å². The van der Waals surface area contributed by atoms with E-state index in [2.05, 4.69) is 21.3 Å². The van der Waals surface area contributed by atoms with Crippen LogP contribution in [0.3, 0.4) is 0 Å². The summed E-state index contributed by atoms with van der Waals surface area (Å²) in [6.45, 7) is 4.01. The lowest BCUT2D eigenvalue weighted by molar-refractivity contribution is -0.129. The molecule has 210 valence electrons. The smallest absolute Gasteiger partial charge is 0.242 e. The summed E-state index contributed by atoms with van der Waals surface area (Å²) in [6.07, 6.45) is 2.00. The topological polar surface area (TPSA) is 149 Å². The summed E-state index contributed by atoms with van der Waals surface area (Å²) in [5, 5.41) is 19.3. The Morgan fingerprint density at radius 3 is 2.08 bits per heavy atom. The maximum Gasteiger partial charge on any atom is 0.242 e. The van der Waals surface area contributed by atoms with Crippen molar-refractivity contribution in [2.45, 2.75) is 51.7 Å². The molecule has 9 nitrogen and oxygen atoms in total. The Balaban J connectivity index is 1.54. The van der Waals surface area contributed by atoms with Crippen LogP contribution in [0.1, 0.15) is 42.5 Å². The largest absolute Gasteiger partial charge is 0.384 e. The molecule has 0 aliphatic carbocycles. The predicted molar refractivity (Wildman–Crippen MR) is 158 cm³/mol. The molecule has 0 radical (unpaired) electrons.